The van der Waals surface area contributed by atoms with Crippen LogP contribution in [0.1, 0.15) is 5.89 Å². The van der Waals surface area contributed by atoms with Crippen LogP contribution in [0.4, 0.5) is 4.39 Å². The fraction of sp³-hybridized carbons (Fsp3) is 0.471. The Morgan fingerprint density at radius 2 is 2.16 bits per heavy atom. The van der Waals surface area contributed by atoms with Gasteiger partial charge in [-0.2, -0.15) is 0 Å². The zero-order chi connectivity index (χ0) is 17.4. The van der Waals surface area contributed by atoms with Crippen molar-refractivity contribution in [3.8, 4) is 11.5 Å². The van der Waals surface area contributed by atoms with Gasteiger partial charge in [-0.15, -0.1) is 10.2 Å². The van der Waals surface area contributed by atoms with Crippen molar-refractivity contribution < 1.29 is 18.3 Å². The van der Waals surface area contributed by atoms with Crippen LogP contribution < -0.4 is 0 Å². The minimum Gasteiger partial charge on any atom is -0.419 e. The molecule has 2 aliphatic rings. The number of halogens is 1. The lowest BCUT2D eigenvalue weighted by atomic mass is 10.1. The molecule has 2 saturated heterocycles. The summed E-state index contributed by atoms with van der Waals surface area (Å²) in [6.45, 7) is 2.71. The van der Waals surface area contributed by atoms with E-state index >= 15 is 0 Å². The fourth-order valence-corrected chi connectivity index (χ4v) is 3.36. The molecule has 2 aromatic rings. The second-order valence-corrected chi connectivity index (χ2v) is 6.54. The van der Waals surface area contributed by atoms with Crippen molar-refractivity contribution in [1.82, 2.24) is 20.0 Å². The van der Waals surface area contributed by atoms with Crippen molar-refractivity contribution in [2.75, 3.05) is 33.4 Å². The van der Waals surface area contributed by atoms with E-state index in [2.05, 4.69) is 15.1 Å². The number of aromatic nitrogens is 2. The molecule has 0 unspecified atom stereocenters. The van der Waals surface area contributed by atoms with Crippen LogP contribution >= 0.6 is 0 Å². The quantitative estimate of drug-likeness (QED) is 0.831. The third-order valence-corrected chi connectivity index (χ3v) is 4.72. The molecule has 0 aliphatic carbocycles. The number of rotatable bonds is 3. The number of nitrogens with zero attached hydrogens (tertiary/aromatic N) is 4. The molecule has 132 valence electrons. The van der Waals surface area contributed by atoms with Crippen molar-refractivity contribution in [2.24, 2.45) is 5.92 Å². The number of hydrogen-bond donors (Lipinski definition) is 0. The molecule has 3 heterocycles. The van der Waals surface area contributed by atoms with Crippen LogP contribution in [0.15, 0.2) is 28.7 Å². The number of ether oxygens (including phenoxy) is 1. The normalized spacial score (nSPS) is 24.4. The van der Waals surface area contributed by atoms with E-state index in [0.717, 1.165) is 0 Å². The monoisotopic (exact) mass is 346 g/mol. The maximum Gasteiger partial charge on any atom is 0.247 e. The largest absolute Gasteiger partial charge is 0.419 e. The zero-order valence-corrected chi connectivity index (χ0v) is 13.9. The second-order valence-electron chi connectivity index (χ2n) is 6.54. The molecule has 2 fully saturated rings. The van der Waals surface area contributed by atoms with E-state index in [1.807, 2.05) is 7.05 Å². The molecule has 1 aromatic carbocycles. The number of fused-ring (bicyclic) bond motifs is 3. The van der Waals surface area contributed by atoms with E-state index in [4.69, 9.17) is 9.15 Å². The molecular formula is C17H19FN4O3. The molecule has 2 aliphatic heterocycles. The van der Waals surface area contributed by atoms with Crippen molar-refractivity contribution in [2.45, 2.75) is 12.6 Å². The predicted octanol–water partition coefficient (Wildman–Crippen LogP) is 1.16. The first-order valence-corrected chi connectivity index (χ1v) is 8.25. The van der Waals surface area contributed by atoms with Crippen LogP contribution in [-0.4, -0.2) is 65.3 Å². The molecule has 1 amide bonds. The summed E-state index contributed by atoms with van der Waals surface area (Å²) in [5.74, 6) is 0.342. The first-order valence-electron chi connectivity index (χ1n) is 8.25. The average molecular weight is 346 g/mol. The summed E-state index contributed by atoms with van der Waals surface area (Å²) in [7, 11) is 1.83. The topological polar surface area (TPSA) is 71.7 Å². The van der Waals surface area contributed by atoms with Gasteiger partial charge in [0.25, 0.3) is 0 Å². The van der Waals surface area contributed by atoms with Gasteiger partial charge >= 0.3 is 0 Å². The van der Waals surface area contributed by atoms with Gasteiger partial charge in [0.1, 0.15) is 5.82 Å². The highest BCUT2D eigenvalue weighted by Crippen LogP contribution is 2.23. The Labute approximate surface area is 144 Å². The smallest absolute Gasteiger partial charge is 0.247 e. The van der Waals surface area contributed by atoms with Crippen molar-refractivity contribution >= 4 is 5.91 Å². The second kappa shape index (κ2) is 6.53. The summed E-state index contributed by atoms with van der Waals surface area (Å²) >= 11 is 0. The highest BCUT2D eigenvalue weighted by Gasteiger charge is 2.37. The van der Waals surface area contributed by atoms with Gasteiger partial charge in [0.15, 0.2) is 0 Å². The van der Waals surface area contributed by atoms with Crippen molar-refractivity contribution in [3.63, 3.8) is 0 Å². The van der Waals surface area contributed by atoms with E-state index in [-0.39, 0.29) is 23.7 Å². The Morgan fingerprint density at radius 1 is 1.28 bits per heavy atom. The highest BCUT2D eigenvalue weighted by molar-refractivity contribution is 5.79. The lowest BCUT2D eigenvalue weighted by Gasteiger charge is -2.28. The Bertz CT molecular complexity index is 781. The summed E-state index contributed by atoms with van der Waals surface area (Å²) in [5.41, 5.74) is 0.551. The molecule has 2 bridgehead atoms. The zero-order valence-electron chi connectivity index (χ0n) is 13.9. The molecule has 2 atom stereocenters. The molecule has 7 nitrogen and oxygen atoms in total. The Kier molecular flexibility index (Phi) is 4.22. The van der Waals surface area contributed by atoms with E-state index in [9.17, 15) is 9.18 Å². The van der Waals surface area contributed by atoms with Crippen LogP contribution in [0, 0.1) is 11.7 Å². The van der Waals surface area contributed by atoms with Crippen LogP contribution in [0.2, 0.25) is 0 Å². The highest BCUT2D eigenvalue weighted by atomic mass is 19.1. The van der Waals surface area contributed by atoms with Crippen LogP contribution in [0.3, 0.4) is 0 Å². The van der Waals surface area contributed by atoms with Crippen molar-refractivity contribution in [3.05, 3.63) is 36.0 Å². The Balaban J connectivity index is 1.50. The van der Waals surface area contributed by atoms with Gasteiger partial charge in [-0.05, 0) is 18.2 Å². The Morgan fingerprint density at radius 3 is 3.00 bits per heavy atom. The lowest BCUT2D eigenvalue weighted by Crippen LogP contribution is -2.42. The summed E-state index contributed by atoms with van der Waals surface area (Å²) < 4.78 is 24.6. The van der Waals surface area contributed by atoms with Crippen molar-refractivity contribution in [1.29, 1.82) is 0 Å². The summed E-state index contributed by atoms with van der Waals surface area (Å²) in [4.78, 5) is 16.3. The molecule has 0 spiro atoms. The number of hydrogen-bond acceptors (Lipinski definition) is 6. The minimum atomic E-state index is -0.348. The summed E-state index contributed by atoms with van der Waals surface area (Å²) in [5, 5.41) is 8.07. The van der Waals surface area contributed by atoms with Gasteiger partial charge in [-0.3, -0.25) is 9.69 Å². The Hall–Kier alpha value is -2.32. The minimum absolute atomic E-state index is 0.0191. The number of likely N-dealkylation sites (N-methyl/N-ethyl adjacent to an activating group) is 1. The van der Waals surface area contributed by atoms with E-state index < -0.39 is 0 Å². The van der Waals surface area contributed by atoms with Gasteiger partial charge in [0, 0.05) is 25.7 Å². The molecule has 25 heavy (non-hydrogen) atoms. The number of carbonyl (C=O) groups is 1. The van der Waals surface area contributed by atoms with Gasteiger partial charge < -0.3 is 14.1 Å². The van der Waals surface area contributed by atoms with Gasteiger partial charge in [-0.1, -0.05) is 6.07 Å². The van der Waals surface area contributed by atoms with Gasteiger partial charge in [0.05, 0.1) is 31.7 Å². The van der Waals surface area contributed by atoms with Crippen LogP contribution in [-0.2, 0) is 16.1 Å². The molecule has 0 saturated carbocycles. The number of carbonyl (C=O) groups excluding carboxylic acids is 1. The molecule has 8 heteroatoms. The molecule has 0 N–H and O–H groups in total. The van der Waals surface area contributed by atoms with E-state index in [1.165, 1.54) is 12.1 Å². The number of amides is 1. The maximum atomic E-state index is 13.3. The third-order valence-electron chi connectivity index (χ3n) is 4.72. The molecule has 1 aromatic heterocycles. The molecule has 4 rings (SSSR count). The lowest BCUT2D eigenvalue weighted by molar-refractivity contribution is -0.134. The van der Waals surface area contributed by atoms with E-state index in [0.29, 0.717) is 50.2 Å². The third kappa shape index (κ3) is 3.27. The first kappa shape index (κ1) is 16.2. The average Bonchev–Trinajstić information content (AvgIpc) is 2.96. The van der Waals surface area contributed by atoms with Gasteiger partial charge in [-0.25, -0.2) is 4.39 Å². The fourth-order valence-electron chi connectivity index (χ4n) is 3.36. The molecule has 0 radical (unpaired) electrons. The molecular weight excluding hydrogens is 327 g/mol. The summed E-state index contributed by atoms with van der Waals surface area (Å²) in [6.07, 6.45) is 0. The predicted molar refractivity (Wildman–Crippen MR) is 85.8 cm³/mol. The first-order chi connectivity index (χ1) is 12.1. The maximum absolute atomic E-state index is 13.3. The standard InChI is InChI=1S/C17H19FN4O3/c1-21-14-7-22(6-12(17(21)23)9-24-10-14)8-15-19-20-16(25-15)11-3-2-4-13(18)5-11/h2-5,12,14H,6-10H2,1H3/t12-,14+/m1/s1. The van der Waals surface area contributed by atoms with Gasteiger partial charge in [0.2, 0.25) is 17.7 Å². The van der Waals surface area contributed by atoms with E-state index in [1.54, 1.807) is 17.0 Å². The van der Waals surface area contributed by atoms with Crippen LogP contribution in [0.25, 0.3) is 11.5 Å². The van der Waals surface area contributed by atoms with Crippen LogP contribution in [0.5, 0.6) is 0 Å². The number of benzene rings is 1. The SMILES string of the molecule is CN1C(=O)[C@H]2COC[C@@H]1CN(Cc1nnc(-c3cccc(F)c3)o1)C2. The summed E-state index contributed by atoms with van der Waals surface area (Å²) in [6, 6.07) is 6.07.